The molecule has 0 aromatic heterocycles. The zero-order valence-corrected chi connectivity index (χ0v) is 21.7. The maximum atomic E-state index is 12.4. The number of benzene rings is 3. The van der Waals surface area contributed by atoms with E-state index >= 15 is 0 Å². The topological polar surface area (TPSA) is 180 Å². The number of nitrogens with two attached hydrogens (primary N) is 1. The summed E-state index contributed by atoms with van der Waals surface area (Å²) in [6.07, 6.45) is 0.715. The number of anilines is 1. The van der Waals surface area contributed by atoms with Gasteiger partial charge in [-0.2, -0.15) is 8.42 Å². The largest absolute Gasteiger partial charge is 0.423 e. The molecule has 11 nitrogen and oxygen atoms in total. The van der Waals surface area contributed by atoms with Gasteiger partial charge in [0, 0.05) is 22.9 Å². The van der Waals surface area contributed by atoms with Crippen molar-refractivity contribution in [3.05, 3.63) is 89.5 Å². The molecule has 0 unspecified atom stereocenters. The van der Waals surface area contributed by atoms with Crippen LogP contribution in [-0.2, 0) is 10.1 Å². The first kappa shape index (κ1) is 28.4. The van der Waals surface area contributed by atoms with E-state index in [0.717, 1.165) is 4.90 Å². The van der Waals surface area contributed by atoms with Crippen molar-refractivity contribution < 1.29 is 32.1 Å². The van der Waals surface area contributed by atoms with Gasteiger partial charge in [0.1, 0.15) is 5.75 Å². The molecule has 38 heavy (non-hydrogen) atoms. The Balaban J connectivity index is 0.000000732. The van der Waals surface area contributed by atoms with Crippen molar-refractivity contribution in [3.63, 3.8) is 0 Å². The number of nitrogens with zero attached hydrogens (tertiary/aromatic N) is 1. The monoisotopic (exact) mass is 556 g/mol. The van der Waals surface area contributed by atoms with Gasteiger partial charge in [-0.05, 0) is 60.7 Å². The molecule has 1 aliphatic heterocycles. The zero-order chi connectivity index (χ0) is 27.9. The number of imide groups is 1. The molecular weight excluding hydrogens is 532 g/mol. The highest BCUT2D eigenvalue weighted by Gasteiger charge is 2.34. The molecule has 0 saturated carbocycles. The van der Waals surface area contributed by atoms with Crippen LogP contribution in [0.2, 0.25) is 0 Å². The van der Waals surface area contributed by atoms with Crippen LogP contribution in [0.4, 0.5) is 5.69 Å². The number of thioether (sulfide) groups is 1. The molecule has 0 fully saturated rings. The van der Waals surface area contributed by atoms with Crippen molar-refractivity contribution in [1.82, 2.24) is 4.90 Å². The van der Waals surface area contributed by atoms with Gasteiger partial charge >= 0.3 is 5.97 Å². The number of hydrogen-bond acceptors (Lipinski definition) is 8. The van der Waals surface area contributed by atoms with Crippen molar-refractivity contribution in [2.75, 3.05) is 23.9 Å². The minimum absolute atomic E-state index is 0.188. The molecule has 0 bridgehead atoms. The first-order valence-corrected chi connectivity index (χ1v) is 13.8. The van der Waals surface area contributed by atoms with Crippen LogP contribution in [0, 0.1) is 5.41 Å². The minimum atomic E-state index is -3.67. The molecule has 13 heteroatoms. The standard InChI is InChI=1S/C24H20N4O4S.CH4O3S/c25-24(26)27-16-7-5-15(6-8-16)23(31)32-17-9-11-18(12-10-17)33-14-13-28-21(29)19-3-1-2-4-20(19)22(28)30;1-5(2,3)4/h1-12H,13-14H2,(H4,25,26,27);1H3,(H,2,3,4). The number of esters is 1. The van der Waals surface area contributed by atoms with Gasteiger partial charge in [-0.25, -0.2) is 4.79 Å². The number of ether oxygens (including phenoxy) is 1. The molecule has 0 aliphatic carbocycles. The number of guanidine groups is 1. The second-order valence-electron chi connectivity index (χ2n) is 7.87. The summed E-state index contributed by atoms with van der Waals surface area (Å²) in [7, 11) is -3.67. The highest BCUT2D eigenvalue weighted by atomic mass is 32.2. The Morgan fingerprint density at radius 3 is 2.03 bits per heavy atom. The molecule has 1 aliphatic rings. The van der Waals surface area contributed by atoms with Gasteiger partial charge in [-0.3, -0.25) is 24.5 Å². The third kappa shape index (κ3) is 8.16. The maximum absolute atomic E-state index is 12.4. The number of amides is 2. The van der Waals surface area contributed by atoms with E-state index in [0.29, 0.717) is 46.7 Å². The summed E-state index contributed by atoms with van der Waals surface area (Å²) in [4.78, 5) is 39.3. The number of hydrogen-bond donors (Lipinski definition) is 4. The van der Waals surface area contributed by atoms with Gasteiger partial charge in [-0.1, -0.05) is 12.1 Å². The van der Waals surface area contributed by atoms with E-state index in [1.807, 2.05) is 12.1 Å². The predicted molar refractivity (Wildman–Crippen MR) is 143 cm³/mol. The van der Waals surface area contributed by atoms with Crippen molar-refractivity contribution in [3.8, 4) is 5.75 Å². The van der Waals surface area contributed by atoms with Gasteiger partial charge in [0.2, 0.25) is 0 Å². The summed E-state index contributed by atoms with van der Waals surface area (Å²) in [6, 6.07) is 20.3. The normalized spacial score (nSPS) is 12.3. The Kier molecular flexibility index (Phi) is 9.23. The quantitative estimate of drug-likeness (QED) is 0.0642. The maximum Gasteiger partial charge on any atom is 0.343 e. The third-order valence-corrected chi connectivity index (χ3v) is 5.89. The van der Waals surface area contributed by atoms with Gasteiger partial charge in [-0.15, -0.1) is 11.8 Å². The molecule has 2 amide bonds. The van der Waals surface area contributed by atoms with Crippen molar-refractivity contribution in [2.45, 2.75) is 4.90 Å². The number of fused-ring (bicyclic) bond motifs is 1. The lowest BCUT2D eigenvalue weighted by Gasteiger charge is -2.13. The van der Waals surface area contributed by atoms with Crippen molar-refractivity contribution in [1.29, 1.82) is 5.41 Å². The van der Waals surface area contributed by atoms with Crippen LogP contribution in [0.3, 0.4) is 0 Å². The SMILES string of the molecule is CS(=O)(=O)O.N=C(N)Nc1ccc(C(=O)Oc2ccc(SCCN3C(=O)c4ccccc4C3=O)cc2)cc1. The Labute approximate surface area is 223 Å². The lowest BCUT2D eigenvalue weighted by molar-refractivity contribution is 0.0662. The summed E-state index contributed by atoms with van der Waals surface area (Å²) >= 11 is 1.50. The summed E-state index contributed by atoms with van der Waals surface area (Å²) in [6.45, 7) is 0.308. The zero-order valence-electron chi connectivity index (χ0n) is 20.1. The number of carbonyl (C=O) groups is 3. The van der Waals surface area contributed by atoms with Gasteiger partial charge in [0.15, 0.2) is 5.96 Å². The van der Waals surface area contributed by atoms with Crippen LogP contribution in [0.1, 0.15) is 31.1 Å². The van der Waals surface area contributed by atoms with E-state index in [1.165, 1.54) is 16.7 Å². The van der Waals surface area contributed by atoms with Crippen LogP contribution < -0.4 is 15.8 Å². The average Bonchev–Trinajstić information content (AvgIpc) is 3.09. The van der Waals surface area contributed by atoms with E-state index in [9.17, 15) is 22.8 Å². The van der Waals surface area contributed by atoms with Crippen molar-refractivity contribution in [2.24, 2.45) is 5.73 Å². The van der Waals surface area contributed by atoms with E-state index in [2.05, 4.69) is 5.32 Å². The predicted octanol–water partition coefficient (Wildman–Crippen LogP) is 3.10. The number of nitrogens with one attached hydrogen (secondary N) is 2. The third-order valence-electron chi connectivity index (χ3n) is 4.90. The highest BCUT2D eigenvalue weighted by Crippen LogP contribution is 2.25. The number of rotatable bonds is 7. The molecule has 5 N–H and O–H groups in total. The molecule has 3 aromatic rings. The molecule has 1 heterocycles. The Morgan fingerprint density at radius 2 is 1.53 bits per heavy atom. The second-order valence-corrected chi connectivity index (χ2v) is 10.5. The summed E-state index contributed by atoms with van der Waals surface area (Å²) in [5, 5.41) is 9.84. The summed E-state index contributed by atoms with van der Waals surface area (Å²) in [5.41, 5.74) is 7.13. The molecule has 0 spiro atoms. The van der Waals surface area contributed by atoms with Gasteiger partial charge in [0.25, 0.3) is 21.9 Å². The van der Waals surface area contributed by atoms with Crippen LogP contribution in [0.5, 0.6) is 5.75 Å². The molecule has 3 aromatic carbocycles. The number of carbonyl (C=O) groups excluding carboxylic acids is 3. The molecule has 4 rings (SSSR count). The molecule has 0 radical (unpaired) electrons. The molecule has 0 saturated heterocycles. The van der Waals surface area contributed by atoms with Crippen LogP contribution >= 0.6 is 11.8 Å². The Bertz CT molecular complexity index is 1410. The molecule has 0 atom stereocenters. The fraction of sp³-hybridized carbons (Fsp3) is 0.120. The fourth-order valence-corrected chi connectivity index (χ4v) is 4.15. The second kappa shape index (κ2) is 12.4. The minimum Gasteiger partial charge on any atom is -0.423 e. The van der Waals surface area contributed by atoms with Gasteiger partial charge < -0.3 is 15.8 Å². The highest BCUT2D eigenvalue weighted by molar-refractivity contribution is 7.99. The first-order chi connectivity index (χ1) is 17.9. The van der Waals surface area contributed by atoms with E-state index in [4.69, 9.17) is 20.4 Å². The lowest BCUT2D eigenvalue weighted by Crippen LogP contribution is -2.31. The van der Waals surface area contributed by atoms with Crippen LogP contribution in [0.25, 0.3) is 0 Å². The smallest absolute Gasteiger partial charge is 0.343 e. The van der Waals surface area contributed by atoms with E-state index in [-0.39, 0.29) is 17.8 Å². The lowest BCUT2D eigenvalue weighted by atomic mass is 10.1. The van der Waals surface area contributed by atoms with Crippen molar-refractivity contribution >= 4 is 51.3 Å². The first-order valence-electron chi connectivity index (χ1n) is 11.0. The fourth-order valence-electron chi connectivity index (χ4n) is 3.31. The Morgan fingerprint density at radius 1 is 1.00 bits per heavy atom. The average molecular weight is 557 g/mol. The summed E-state index contributed by atoms with van der Waals surface area (Å²) in [5.74, 6) is -0.268. The van der Waals surface area contributed by atoms with Gasteiger partial charge in [0.05, 0.1) is 22.9 Å². The van der Waals surface area contributed by atoms with E-state index in [1.54, 1.807) is 60.7 Å². The molecule has 198 valence electrons. The molecular formula is C25H24N4O7S2. The summed E-state index contributed by atoms with van der Waals surface area (Å²) < 4.78 is 31.3. The van der Waals surface area contributed by atoms with E-state index < -0.39 is 16.1 Å². The van der Waals surface area contributed by atoms with Crippen LogP contribution in [0.15, 0.2) is 77.7 Å². The van der Waals surface area contributed by atoms with Crippen LogP contribution in [-0.4, -0.2) is 60.2 Å². The Hall–Kier alpha value is -4.20.